The van der Waals surface area contributed by atoms with E-state index >= 15 is 0 Å². The van der Waals surface area contributed by atoms with Crippen molar-refractivity contribution < 1.29 is 23.7 Å². The molecule has 0 heterocycles. The smallest absolute Gasteiger partial charge is 0.200 e. The third kappa shape index (κ3) is 5.08. The summed E-state index contributed by atoms with van der Waals surface area (Å²) in [5.74, 6) is 0.413. The van der Waals surface area contributed by atoms with E-state index in [9.17, 15) is 9.50 Å². The summed E-state index contributed by atoms with van der Waals surface area (Å²) in [6, 6.07) is 10.2. The van der Waals surface area contributed by atoms with Gasteiger partial charge in [0.25, 0.3) is 0 Å². The van der Waals surface area contributed by atoms with Crippen LogP contribution in [0, 0.1) is 5.82 Å². The molecular weight excluding hydrogens is 325 g/mol. The molecule has 2 rings (SSSR count). The number of halogens is 1. The lowest BCUT2D eigenvalue weighted by Crippen LogP contribution is -2.27. The summed E-state index contributed by atoms with van der Waals surface area (Å²) >= 11 is 0. The van der Waals surface area contributed by atoms with Crippen molar-refractivity contribution in [2.45, 2.75) is 13.1 Å². The zero-order chi connectivity index (χ0) is 18.2. The molecule has 0 atom stereocenters. The fourth-order valence-corrected chi connectivity index (χ4v) is 2.60. The number of phenolic OH excluding ortho intramolecular Hbond substituents is 1. The van der Waals surface area contributed by atoms with Gasteiger partial charge in [-0.15, -0.1) is 0 Å². The van der Waals surface area contributed by atoms with Crippen molar-refractivity contribution in [3.8, 4) is 17.2 Å². The van der Waals surface area contributed by atoms with Crippen molar-refractivity contribution >= 4 is 0 Å². The number of phenols is 1. The number of benzene rings is 2. The molecule has 0 aliphatic heterocycles. The molecule has 0 aliphatic rings. The third-order valence-electron chi connectivity index (χ3n) is 3.91. The summed E-state index contributed by atoms with van der Waals surface area (Å²) in [4.78, 5) is 2.06. The molecule has 1 N–H and O–H groups in total. The van der Waals surface area contributed by atoms with Crippen LogP contribution in [0.4, 0.5) is 4.39 Å². The molecule has 0 aromatic heterocycles. The average Bonchev–Trinajstić information content (AvgIpc) is 2.62. The minimum atomic E-state index is -0.231. The van der Waals surface area contributed by atoms with E-state index in [1.165, 1.54) is 20.3 Å². The first-order valence-electron chi connectivity index (χ1n) is 7.97. The molecule has 0 spiro atoms. The summed E-state index contributed by atoms with van der Waals surface area (Å²) in [5.41, 5.74) is 1.51. The van der Waals surface area contributed by atoms with E-state index in [4.69, 9.17) is 14.2 Å². The van der Waals surface area contributed by atoms with Crippen molar-refractivity contribution in [1.29, 1.82) is 0 Å². The number of hydrogen-bond donors (Lipinski definition) is 1. The van der Waals surface area contributed by atoms with Gasteiger partial charge in [-0.3, -0.25) is 4.90 Å². The molecule has 2 aromatic rings. The van der Waals surface area contributed by atoms with Crippen molar-refractivity contribution in [2.75, 3.05) is 34.5 Å². The Morgan fingerprint density at radius 3 is 2.20 bits per heavy atom. The molecule has 0 radical (unpaired) electrons. The minimum Gasteiger partial charge on any atom is -0.502 e. The largest absolute Gasteiger partial charge is 0.502 e. The highest BCUT2D eigenvalue weighted by Gasteiger charge is 2.15. The topological polar surface area (TPSA) is 51.2 Å². The highest BCUT2D eigenvalue weighted by Crippen LogP contribution is 2.37. The highest BCUT2D eigenvalue weighted by atomic mass is 19.1. The molecule has 2 aromatic carbocycles. The van der Waals surface area contributed by atoms with Gasteiger partial charge in [-0.2, -0.15) is 0 Å². The van der Waals surface area contributed by atoms with Crippen LogP contribution in [0.15, 0.2) is 36.4 Å². The lowest BCUT2D eigenvalue weighted by molar-refractivity contribution is 0.139. The predicted octanol–water partition coefficient (Wildman–Crippen LogP) is 3.20. The second-order valence-electron chi connectivity index (χ2n) is 5.64. The standard InChI is InChI=1S/C19H24FNO4/c1-23-9-8-21(13-15-6-4-5-7-16(15)20)12-14-10-17(24-2)19(22)18(11-14)25-3/h4-7,10-11,22H,8-9,12-13H2,1-3H3. The highest BCUT2D eigenvalue weighted by molar-refractivity contribution is 5.52. The molecule has 6 heteroatoms. The Balaban J connectivity index is 2.23. The Kier molecular flexibility index (Phi) is 7.03. The van der Waals surface area contributed by atoms with Crippen LogP contribution >= 0.6 is 0 Å². The maximum atomic E-state index is 14.0. The van der Waals surface area contributed by atoms with Gasteiger partial charge in [-0.05, 0) is 23.8 Å². The van der Waals surface area contributed by atoms with Gasteiger partial charge in [0.1, 0.15) is 5.82 Å². The molecule has 0 saturated heterocycles. The Hall–Kier alpha value is -2.31. The lowest BCUT2D eigenvalue weighted by Gasteiger charge is -2.23. The fourth-order valence-electron chi connectivity index (χ4n) is 2.60. The molecule has 25 heavy (non-hydrogen) atoms. The Morgan fingerprint density at radius 2 is 1.64 bits per heavy atom. The van der Waals surface area contributed by atoms with Crippen LogP contribution in [0.3, 0.4) is 0 Å². The molecule has 136 valence electrons. The van der Waals surface area contributed by atoms with Crippen LogP contribution in [0.1, 0.15) is 11.1 Å². The van der Waals surface area contributed by atoms with Gasteiger partial charge in [0, 0.05) is 32.3 Å². The zero-order valence-electron chi connectivity index (χ0n) is 14.8. The SMILES string of the molecule is COCCN(Cc1cc(OC)c(O)c(OC)c1)Cc1ccccc1F. The molecular formula is C19H24FNO4. The molecule has 0 bridgehead atoms. The van der Waals surface area contributed by atoms with Crippen molar-refractivity contribution in [3.05, 3.63) is 53.3 Å². The molecule has 0 aliphatic carbocycles. The number of nitrogens with zero attached hydrogens (tertiary/aromatic N) is 1. The van der Waals surface area contributed by atoms with Gasteiger partial charge in [0.2, 0.25) is 5.75 Å². The molecule has 0 fully saturated rings. The van der Waals surface area contributed by atoms with Gasteiger partial charge in [0.05, 0.1) is 20.8 Å². The summed E-state index contributed by atoms with van der Waals surface area (Å²) in [6.45, 7) is 2.14. The number of ether oxygens (including phenoxy) is 3. The van der Waals surface area contributed by atoms with E-state index in [0.717, 1.165) is 5.56 Å². The van der Waals surface area contributed by atoms with Crippen molar-refractivity contribution in [3.63, 3.8) is 0 Å². The quantitative estimate of drug-likeness (QED) is 0.753. The van der Waals surface area contributed by atoms with Gasteiger partial charge in [-0.1, -0.05) is 18.2 Å². The normalized spacial score (nSPS) is 10.9. The average molecular weight is 349 g/mol. The van der Waals surface area contributed by atoms with Crippen LogP contribution in [-0.2, 0) is 17.8 Å². The maximum absolute atomic E-state index is 14.0. The molecule has 5 nitrogen and oxygen atoms in total. The van der Waals surface area contributed by atoms with Gasteiger partial charge >= 0.3 is 0 Å². The van der Waals surface area contributed by atoms with Crippen LogP contribution < -0.4 is 9.47 Å². The summed E-state index contributed by atoms with van der Waals surface area (Å²) in [7, 11) is 4.61. The minimum absolute atomic E-state index is 0.0358. The second kappa shape index (κ2) is 9.25. The first-order valence-corrected chi connectivity index (χ1v) is 7.97. The number of rotatable bonds is 9. The first kappa shape index (κ1) is 19.0. The maximum Gasteiger partial charge on any atom is 0.200 e. The van der Waals surface area contributed by atoms with Crippen molar-refractivity contribution in [1.82, 2.24) is 4.90 Å². The fraction of sp³-hybridized carbons (Fsp3) is 0.368. The van der Waals surface area contributed by atoms with E-state index in [1.54, 1.807) is 31.4 Å². The van der Waals surface area contributed by atoms with E-state index in [1.807, 2.05) is 6.07 Å². The lowest BCUT2D eigenvalue weighted by atomic mass is 10.1. The van der Waals surface area contributed by atoms with E-state index < -0.39 is 0 Å². The second-order valence-corrected chi connectivity index (χ2v) is 5.64. The number of methoxy groups -OCH3 is 3. The Morgan fingerprint density at radius 1 is 1.00 bits per heavy atom. The first-order chi connectivity index (χ1) is 12.1. The molecule has 0 amide bonds. The Labute approximate surface area is 147 Å². The molecule has 0 unspecified atom stereocenters. The number of hydrogen-bond acceptors (Lipinski definition) is 5. The van der Waals surface area contributed by atoms with Gasteiger partial charge < -0.3 is 19.3 Å². The van der Waals surface area contributed by atoms with Crippen LogP contribution in [-0.4, -0.2) is 44.5 Å². The van der Waals surface area contributed by atoms with E-state index in [0.29, 0.717) is 43.3 Å². The predicted molar refractivity (Wildman–Crippen MR) is 93.6 cm³/mol. The van der Waals surface area contributed by atoms with Crippen LogP contribution in [0.2, 0.25) is 0 Å². The van der Waals surface area contributed by atoms with Crippen LogP contribution in [0.25, 0.3) is 0 Å². The summed E-state index contributed by atoms with van der Waals surface area (Å²) < 4.78 is 29.5. The van der Waals surface area contributed by atoms with Crippen molar-refractivity contribution in [2.24, 2.45) is 0 Å². The summed E-state index contributed by atoms with van der Waals surface area (Å²) in [5, 5.41) is 10.0. The monoisotopic (exact) mass is 349 g/mol. The summed E-state index contributed by atoms with van der Waals surface area (Å²) in [6.07, 6.45) is 0. The molecule has 0 saturated carbocycles. The van der Waals surface area contributed by atoms with Crippen LogP contribution in [0.5, 0.6) is 17.2 Å². The third-order valence-corrected chi connectivity index (χ3v) is 3.91. The Bertz CT molecular complexity index is 668. The van der Waals surface area contributed by atoms with E-state index in [2.05, 4.69) is 4.90 Å². The van der Waals surface area contributed by atoms with Gasteiger partial charge in [0.15, 0.2) is 11.5 Å². The van der Waals surface area contributed by atoms with Gasteiger partial charge in [-0.25, -0.2) is 4.39 Å². The zero-order valence-corrected chi connectivity index (χ0v) is 14.8. The van der Waals surface area contributed by atoms with E-state index in [-0.39, 0.29) is 11.6 Å². The number of aromatic hydroxyl groups is 1.